The first-order chi connectivity index (χ1) is 14.1. The van der Waals surface area contributed by atoms with Crippen molar-refractivity contribution in [3.8, 4) is 0 Å². The molecule has 13 heteroatoms. The average molecular weight is 440 g/mol. The fourth-order valence-corrected chi connectivity index (χ4v) is 4.48. The highest BCUT2D eigenvalue weighted by Crippen LogP contribution is 2.50. The molecule has 5 atom stereocenters. The van der Waals surface area contributed by atoms with E-state index < -0.39 is 44.2 Å². The number of nitrogens with zero attached hydrogens (tertiary/aromatic N) is 2. The summed E-state index contributed by atoms with van der Waals surface area (Å²) < 4.78 is 20.8. The molecule has 0 bridgehead atoms. The van der Waals surface area contributed by atoms with Gasteiger partial charge in [0.2, 0.25) is 0 Å². The number of carbonyl (C=O) groups excluding carboxylic acids is 2. The molecule has 2 unspecified atom stereocenters. The Morgan fingerprint density at radius 2 is 2.00 bits per heavy atom. The maximum absolute atomic E-state index is 12.3. The molecule has 0 spiro atoms. The smallest absolute Gasteiger partial charge is 0.388 e. The highest BCUT2D eigenvalue weighted by Gasteiger charge is 2.44. The molecular formula is C17H21N4O8P. The topological polar surface area (TPSA) is 170 Å². The van der Waals surface area contributed by atoms with Crippen LogP contribution in [0.1, 0.15) is 11.1 Å². The first-order valence-corrected chi connectivity index (χ1v) is 10.7. The Balaban J connectivity index is 1.66. The maximum atomic E-state index is 12.3. The fraction of sp³-hybridized carbons (Fsp3) is 0.471. The molecule has 3 heterocycles. The second-order valence-corrected chi connectivity index (χ2v) is 8.78. The van der Waals surface area contributed by atoms with Gasteiger partial charge in [0.1, 0.15) is 24.0 Å². The molecule has 0 aliphatic carbocycles. The van der Waals surface area contributed by atoms with Gasteiger partial charge in [-0.3, -0.25) is 19.2 Å². The number of aliphatic hydroxyl groups excluding tert-OH is 2. The van der Waals surface area contributed by atoms with Crippen LogP contribution in [0.15, 0.2) is 17.1 Å². The van der Waals surface area contributed by atoms with Crippen LogP contribution in [0, 0.1) is 13.8 Å². The van der Waals surface area contributed by atoms with E-state index in [0.717, 1.165) is 11.1 Å². The number of aryl methyl sites for hydroxylation is 2. The van der Waals surface area contributed by atoms with Crippen LogP contribution in [0.2, 0.25) is 0 Å². The number of hydrogen-bond acceptors (Lipinski definition) is 9. The Kier molecular flexibility index (Phi) is 5.17. The summed E-state index contributed by atoms with van der Waals surface area (Å²) in [5.74, 6) is -0.665. The number of rotatable bonds is 4. The van der Waals surface area contributed by atoms with Crippen molar-refractivity contribution < 1.29 is 38.3 Å². The summed E-state index contributed by atoms with van der Waals surface area (Å²) in [6, 6.07) is 2.87. The van der Waals surface area contributed by atoms with E-state index in [0.29, 0.717) is 11.4 Å². The largest absolute Gasteiger partial charge is 0.472 e. The third kappa shape index (κ3) is 3.73. The van der Waals surface area contributed by atoms with Crippen LogP contribution < -0.4 is 15.5 Å². The van der Waals surface area contributed by atoms with E-state index in [1.165, 1.54) is 0 Å². The number of β-amino-alcohol motifs (C(OH)–C–C–N with tert-alkyl or cyclic N) is 1. The Bertz CT molecular complexity index is 998. The third-order valence-electron chi connectivity index (χ3n) is 5.27. The predicted octanol–water partition coefficient (Wildman–Crippen LogP) is -0.401. The predicted molar refractivity (Wildman–Crippen MR) is 103 cm³/mol. The number of imide groups is 1. The van der Waals surface area contributed by atoms with E-state index in [1.54, 1.807) is 17.0 Å². The maximum Gasteiger partial charge on any atom is 0.472 e. The van der Waals surface area contributed by atoms with Gasteiger partial charge in [0.25, 0.3) is 5.91 Å². The summed E-state index contributed by atoms with van der Waals surface area (Å²) in [7, 11) is -4.25. The zero-order chi connectivity index (χ0) is 21.8. The van der Waals surface area contributed by atoms with Gasteiger partial charge < -0.3 is 25.3 Å². The van der Waals surface area contributed by atoms with E-state index >= 15 is 0 Å². The lowest BCUT2D eigenvalue weighted by molar-refractivity contribution is -0.114. The summed E-state index contributed by atoms with van der Waals surface area (Å²) in [4.78, 5) is 39.4. The average Bonchev–Trinajstić information content (AvgIpc) is 3.03. The van der Waals surface area contributed by atoms with Crippen LogP contribution in [-0.4, -0.2) is 70.4 Å². The number of hydrogen-bond donors (Lipinski definition) is 5. The summed E-state index contributed by atoms with van der Waals surface area (Å²) in [5.41, 5.74) is 2.91. The van der Waals surface area contributed by atoms with Crippen molar-refractivity contribution in [2.45, 2.75) is 38.3 Å². The zero-order valence-corrected chi connectivity index (χ0v) is 17.0. The van der Waals surface area contributed by atoms with Crippen LogP contribution in [0.5, 0.6) is 0 Å². The number of anilines is 1. The molecular weight excluding hydrogens is 419 g/mol. The number of phosphoric ester groups is 1. The number of aliphatic hydroxyl groups is 2. The van der Waals surface area contributed by atoms with Gasteiger partial charge in [0, 0.05) is 6.54 Å². The lowest BCUT2D eigenvalue weighted by Crippen LogP contribution is -2.67. The van der Waals surface area contributed by atoms with E-state index in [4.69, 9.17) is 4.52 Å². The van der Waals surface area contributed by atoms with Crippen molar-refractivity contribution in [1.29, 1.82) is 0 Å². The summed E-state index contributed by atoms with van der Waals surface area (Å²) in [6.07, 6.45) is -5.20. The molecule has 3 aliphatic heterocycles. The molecule has 1 aromatic carbocycles. The van der Waals surface area contributed by atoms with Gasteiger partial charge in [-0.2, -0.15) is 0 Å². The van der Waals surface area contributed by atoms with E-state index in [9.17, 15) is 29.3 Å². The van der Waals surface area contributed by atoms with Gasteiger partial charge in [-0.05, 0) is 37.1 Å². The monoisotopic (exact) mass is 440 g/mol. The lowest BCUT2D eigenvalue weighted by Gasteiger charge is -2.41. The molecule has 0 saturated carbocycles. The van der Waals surface area contributed by atoms with Gasteiger partial charge in [0.15, 0.2) is 6.17 Å². The molecule has 5 N–H and O–H groups in total. The fourth-order valence-electron chi connectivity index (χ4n) is 3.55. The zero-order valence-electron chi connectivity index (χ0n) is 16.1. The van der Waals surface area contributed by atoms with Crippen LogP contribution >= 0.6 is 7.82 Å². The summed E-state index contributed by atoms with van der Waals surface area (Å²) >= 11 is 0. The quantitative estimate of drug-likeness (QED) is 0.391. The molecule has 2 saturated heterocycles. The van der Waals surface area contributed by atoms with Crippen molar-refractivity contribution in [1.82, 2.24) is 10.6 Å². The van der Waals surface area contributed by atoms with E-state index in [2.05, 4.69) is 20.1 Å². The number of carbonyl (C=O) groups is 2. The summed E-state index contributed by atoms with van der Waals surface area (Å²) in [6.45, 7) is 3.17. The molecule has 2 fully saturated rings. The Morgan fingerprint density at radius 1 is 1.30 bits per heavy atom. The number of urea groups is 1. The number of benzene rings is 1. The number of phosphoric acid groups is 1. The highest BCUT2D eigenvalue weighted by molar-refractivity contribution is 7.47. The van der Waals surface area contributed by atoms with Gasteiger partial charge in [0.05, 0.1) is 18.0 Å². The molecule has 3 aliphatic rings. The van der Waals surface area contributed by atoms with Crippen LogP contribution in [-0.2, 0) is 18.4 Å². The van der Waals surface area contributed by atoms with Gasteiger partial charge in [-0.15, -0.1) is 0 Å². The second-order valence-electron chi connectivity index (χ2n) is 7.37. The van der Waals surface area contributed by atoms with Gasteiger partial charge >= 0.3 is 13.9 Å². The van der Waals surface area contributed by atoms with Crippen LogP contribution in [0.4, 0.5) is 16.2 Å². The van der Waals surface area contributed by atoms with Crippen LogP contribution in [0.25, 0.3) is 0 Å². The van der Waals surface area contributed by atoms with Crippen molar-refractivity contribution in [2.75, 3.05) is 18.1 Å². The second kappa shape index (κ2) is 7.41. The Labute approximate surface area is 171 Å². The number of nitrogens with one attached hydrogen (secondary N) is 2. The standard InChI is InChI=1S/C17H21N4O8P/c1-7-3-9-10(4-8(7)2)21(15-13(18-9)16(24)20-17(25)19-15)5-11(22)14(23)12-6-28-30(26,27)29-12/h3-4,11-12,14-15,22-23H,5-6H2,1-2H3,(H,26,27)(H2,19,20,24,25)/t11-,12+,14-,15?/m0/s1. The van der Waals surface area contributed by atoms with Gasteiger partial charge in [-0.25, -0.2) is 14.4 Å². The minimum atomic E-state index is -4.25. The number of amides is 3. The molecule has 3 amide bonds. The summed E-state index contributed by atoms with van der Waals surface area (Å²) in [5, 5.41) is 25.8. The van der Waals surface area contributed by atoms with Crippen LogP contribution in [0.3, 0.4) is 0 Å². The molecule has 30 heavy (non-hydrogen) atoms. The van der Waals surface area contributed by atoms with Crippen molar-refractivity contribution in [3.63, 3.8) is 0 Å². The Morgan fingerprint density at radius 3 is 2.67 bits per heavy atom. The lowest BCUT2D eigenvalue weighted by atomic mass is 10.0. The molecule has 1 aromatic rings. The Hall–Kier alpha value is -2.34. The first kappa shape index (κ1) is 20.9. The molecule has 12 nitrogen and oxygen atoms in total. The van der Waals surface area contributed by atoms with E-state index in [-0.39, 0.29) is 18.9 Å². The number of fused-ring (bicyclic) bond motifs is 2. The SMILES string of the molecule is Cc1cc2c(cc1C)N(C[C@H](O)[C@H](O)[C@H]1COP(=O)(O)O1)C1NC(=O)NC(=O)C1=N2. The minimum absolute atomic E-state index is 0.0346. The number of aliphatic imine (C=N–C) groups is 1. The van der Waals surface area contributed by atoms with Gasteiger partial charge in [-0.1, -0.05) is 0 Å². The van der Waals surface area contributed by atoms with E-state index in [1.807, 2.05) is 13.8 Å². The molecule has 162 valence electrons. The first-order valence-electron chi connectivity index (χ1n) is 9.16. The molecule has 4 rings (SSSR count). The molecule has 0 aromatic heterocycles. The minimum Gasteiger partial charge on any atom is -0.388 e. The third-order valence-corrected chi connectivity index (χ3v) is 6.28. The molecule has 0 radical (unpaired) electrons. The normalized spacial score (nSPS) is 30.0. The van der Waals surface area contributed by atoms with Crippen molar-refractivity contribution >= 4 is 36.8 Å². The van der Waals surface area contributed by atoms with Crippen molar-refractivity contribution in [3.05, 3.63) is 23.3 Å². The van der Waals surface area contributed by atoms with Crippen molar-refractivity contribution in [2.24, 2.45) is 4.99 Å². The highest BCUT2D eigenvalue weighted by atomic mass is 31.2.